The first-order valence-electron chi connectivity index (χ1n) is 8.91. The SMILES string of the molecule is O=C(Nc1ccc2ncccc2c1)c1cc(S(=O)(=O)N2CCCC2)ccc1Br. The molecule has 1 N–H and O–H groups in total. The highest BCUT2D eigenvalue weighted by atomic mass is 79.9. The zero-order chi connectivity index (χ0) is 19.7. The fourth-order valence-electron chi connectivity index (χ4n) is 3.27. The standard InChI is InChI=1S/C20H18BrN3O3S/c21-18-7-6-16(28(26,27)24-10-1-2-11-24)13-17(18)20(25)23-15-5-8-19-14(12-15)4-3-9-22-19/h3-9,12-13H,1-2,10-11H2,(H,23,25). The molecule has 1 aromatic heterocycles. The highest BCUT2D eigenvalue weighted by Gasteiger charge is 2.28. The number of hydrogen-bond acceptors (Lipinski definition) is 4. The molecule has 1 aliphatic heterocycles. The summed E-state index contributed by atoms with van der Waals surface area (Å²) in [5.74, 6) is -0.381. The van der Waals surface area contributed by atoms with Crippen LogP contribution in [0.15, 0.2) is 64.1 Å². The van der Waals surface area contributed by atoms with E-state index < -0.39 is 10.0 Å². The van der Waals surface area contributed by atoms with E-state index in [1.165, 1.54) is 16.4 Å². The Labute approximate surface area is 171 Å². The van der Waals surface area contributed by atoms with Crippen molar-refractivity contribution in [3.8, 4) is 0 Å². The average molecular weight is 460 g/mol. The number of carbonyl (C=O) groups is 1. The van der Waals surface area contributed by atoms with Crippen molar-refractivity contribution < 1.29 is 13.2 Å². The van der Waals surface area contributed by atoms with Crippen molar-refractivity contribution in [1.29, 1.82) is 0 Å². The minimum atomic E-state index is -3.59. The van der Waals surface area contributed by atoms with Gasteiger partial charge in [0.05, 0.1) is 16.0 Å². The highest BCUT2D eigenvalue weighted by Crippen LogP contribution is 2.26. The molecule has 2 heterocycles. The van der Waals surface area contributed by atoms with Crippen LogP contribution in [-0.4, -0.2) is 36.7 Å². The number of halogens is 1. The molecule has 8 heteroatoms. The zero-order valence-electron chi connectivity index (χ0n) is 14.9. The van der Waals surface area contributed by atoms with E-state index in [0.29, 0.717) is 23.2 Å². The van der Waals surface area contributed by atoms with Gasteiger partial charge in [-0.3, -0.25) is 9.78 Å². The Morgan fingerprint density at radius 3 is 2.64 bits per heavy atom. The van der Waals surface area contributed by atoms with Gasteiger partial charge >= 0.3 is 0 Å². The van der Waals surface area contributed by atoms with E-state index in [0.717, 1.165) is 23.7 Å². The smallest absolute Gasteiger partial charge is 0.256 e. The lowest BCUT2D eigenvalue weighted by atomic mass is 10.1. The van der Waals surface area contributed by atoms with Crippen molar-refractivity contribution in [2.24, 2.45) is 0 Å². The number of benzene rings is 2. The Balaban J connectivity index is 1.63. The molecule has 0 radical (unpaired) electrons. The highest BCUT2D eigenvalue weighted by molar-refractivity contribution is 9.10. The normalized spacial score (nSPS) is 15.0. The van der Waals surface area contributed by atoms with Gasteiger partial charge in [0, 0.05) is 34.8 Å². The average Bonchev–Trinajstić information content (AvgIpc) is 3.24. The number of aromatic nitrogens is 1. The molecule has 0 atom stereocenters. The first-order chi connectivity index (χ1) is 13.4. The van der Waals surface area contributed by atoms with Gasteiger partial charge in [0.15, 0.2) is 0 Å². The number of sulfonamides is 1. The Kier molecular flexibility index (Phi) is 5.18. The molecule has 0 saturated carbocycles. The van der Waals surface area contributed by atoms with Gasteiger partial charge < -0.3 is 5.32 Å². The molecule has 144 valence electrons. The van der Waals surface area contributed by atoms with Gasteiger partial charge in [-0.15, -0.1) is 0 Å². The van der Waals surface area contributed by atoms with Crippen LogP contribution in [0.3, 0.4) is 0 Å². The molecule has 3 aromatic rings. The predicted molar refractivity (Wildman–Crippen MR) is 112 cm³/mol. The Bertz CT molecular complexity index is 1160. The summed E-state index contributed by atoms with van der Waals surface area (Å²) in [4.78, 5) is 17.2. The Morgan fingerprint density at radius 1 is 1.07 bits per heavy atom. The Morgan fingerprint density at radius 2 is 1.86 bits per heavy atom. The summed E-state index contributed by atoms with van der Waals surface area (Å²) in [5, 5.41) is 3.74. The molecule has 0 unspecified atom stereocenters. The third kappa shape index (κ3) is 3.67. The van der Waals surface area contributed by atoms with Crippen molar-refractivity contribution in [1.82, 2.24) is 9.29 Å². The van der Waals surface area contributed by atoms with Gasteiger partial charge in [-0.1, -0.05) is 6.07 Å². The molecule has 6 nitrogen and oxygen atoms in total. The molecule has 4 rings (SSSR count). The lowest BCUT2D eigenvalue weighted by Crippen LogP contribution is -2.28. The number of fused-ring (bicyclic) bond motifs is 1. The number of amides is 1. The maximum Gasteiger partial charge on any atom is 0.256 e. The van der Waals surface area contributed by atoms with Crippen molar-refractivity contribution in [2.45, 2.75) is 17.7 Å². The van der Waals surface area contributed by atoms with Crippen LogP contribution in [0.4, 0.5) is 5.69 Å². The van der Waals surface area contributed by atoms with Crippen LogP contribution in [0.1, 0.15) is 23.2 Å². The van der Waals surface area contributed by atoms with Gasteiger partial charge in [0.1, 0.15) is 0 Å². The monoisotopic (exact) mass is 459 g/mol. The van der Waals surface area contributed by atoms with Crippen LogP contribution in [0.2, 0.25) is 0 Å². The maximum absolute atomic E-state index is 12.8. The quantitative estimate of drug-likeness (QED) is 0.638. The third-order valence-electron chi connectivity index (χ3n) is 4.75. The van der Waals surface area contributed by atoms with Crippen molar-refractivity contribution >= 4 is 48.5 Å². The number of carbonyl (C=O) groups excluding carboxylic acids is 1. The van der Waals surface area contributed by atoms with E-state index in [9.17, 15) is 13.2 Å². The summed E-state index contributed by atoms with van der Waals surface area (Å²) in [6.07, 6.45) is 3.43. The lowest BCUT2D eigenvalue weighted by Gasteiger charge is -2.16. The molecule has 0 bridgehead atoms. The van der Waals surface area contributed by atoms with E-state index in [2.05, 4.69) is 26.2 Å². The second-order valence-corrected chi connectivity index (χ2v) is 9.41. The molecule has 2 aromatic carbocycles. The molecule has 1 amide bonds. The summed E-state index contributed by atoms with van der Waals surface area (Å²) in [7, 11) is -3.59. The molecular weight excluding hydrogens is 442 g/mol. The molecule has 28 heavy (non-hydrogen) atoms. The number of rotatable bonds is 4. The molecule has 1 fully saturated rings. The van der Waals surface area contributed by atoms with Crippen LogP contribution in [-0.2, 0) is 10.0 Å². The summed E-state index contributed by atoms with van der Waals surface area (Å²) in [6.45, 7) is 1.04. The number of nitrogens with zero attached hydrogens (tertiary/aromatic N) is 2. The number of pyridine rings is 1. The molecule has 0 aliphatic carbocycles. The Hall–Kier alpha value is -2.29. The number of hydrogen-bond donors (Lipinski definition) is 1. The van der Waals surface area contributed by atoms with Gasteiger partial charge in [-0.25, -0.2) is 8.42 Å². The fourth-order valence-corrected chi connectivity index (χ4v) is 5.24. The summed E-state index contributed by atoms with van der Waals surface area (Å²) >= 11 is 3.36. The molecule has 1 saturated heterocycles. The van der Waals surface area contributed by atoms with Crippen LogP contribution in [0.5, 0.6) is 0 Å². The third-order valence-corrected chi connectivity index (χ3v) is 7.33. The van der Waals surface area contributed by atoms with Gasteiger partial charge in [-0.05, 0) is 71.2 Å². The predicted octanol–water partition coefficient (Wildman–Crippen LogP) is 4.03. The maximum atomic E-state index is 12.8. The molecule has 0 spiro atoms. The van der Waals surface area contributed by atoms with E-state index in [4.69, 9.17) is 0 Å². The lowest BCUT2D eigenvalue weighted by molar-refractivity contribution is 0.102. The van der Waals surface area contributed by atoms with E-state index in [1.807, 2.05) is 24.3 Å². The second-order valence-electron chi connectivity index (χ2n) is 6.62. The fraction of sp³-hybridized carbons (Fsp3) is 0.200. The van der Waals surface area contributed by atoms with Crippen molar-refractivity contribution in [3.05, 3.63) is 64.8 Å². The van der Waals surface area contributed by atoms with Gasteiger partial charge in [-0.2, -0.15) is 4.31 Å². The van der Waals surface area contributed by atoms with E-state index in [-0.39, 0.29) is 16.4 Å². The van der Waals surface area contributed by atoms with Crippen LogP contribution < -0.4 is 5.32 Å². The largest absolute Gasteiger partial charge is 0.322 e. The second kappa shape index (κ2) is 7.62. The van der Waals surface area contributed by atoms with Gasteiger partial charge in [0.25, 0.3) is 5.91 Å². The van der Waals surface area contributed by atoms with Crippen molar-refractivity contribution in [3.63, 3.8) is 0 Å². The van der Waals surface area contributed by atoms with Crippen LogP contribution >= 0.6 is 15.9 Å². The van der Waals surface area contributed by atoms with Crippen LogP contribution in [0.25, 0.3) is 10.9 Å². The topological polar surface area (TPSA) is 79.4 Å². The van der Waals surface area contributed by atoms with Gasteiger partial charge in [0.2, 0.25) is 10.0 Å². The first kappa shape index (κ1) is 19.0. The molecule has 1 aliphatic rings. The van der Waals surface area contributed by atoms with Crippen molar-refractivity contribution in [2.75, 3.05) is 18.4 Å². The van der Waals surface area contributed by atoms with Crippen LogP contribution in [0, 0.1) is 0 Å². The number of anilines is 1. The molecular formula is C20H18BrN3O3S. The minimum Gasteiger partial charge on any atom is -0.322 e. The first-order valence-corrected chi connectivity index (χ1v) is 11.1. The van der Waals surface area contributed by atoms with E-state index in [1.54, 1.807) is 18.3 Å². The summed E-state index contributed by atoms with van der Waals surface area (Å²) in [5.41, 5.74) is 1.72. The zero-order valence-corrected chi connectivity index (χ0v) is 17.3. The number of nitrogens with one attached hydrogen (secondary N) is 1. The summed E-state index contributed by atoms with van der Waals surface area (Å²) in [6, 6.07) is 13.7. The minimum absolute atomic E-state index is 0.130. The summed E-state index contributed by atoms with van der Waals surface area (Å²) < 4.78 is 27.6. The van der Waals surface area contributed by atoms with E-state index >= 15 is 0 Å².